The lowest BCUT2D eigenvalue weighted by Gasteiger charge is -2.26. The van der Waals surface area contributed by atoms with Crippen LogP contribution in [0.15, 0.2) is 85.5 Å². The van der Waals surface area contributed by atoms with E-state index in [4.69, 9.17) is 14.2 Å². The number of carbonyl (C=O) groups is 5. The second-order valence-corrected chi connectivity index (χ2v) is 10.8. The molecule has 11 heteroatoms. The lowest BCUT2D eigenvalue weighted by molar-refractivity contribution is -0.148. The third-order valence-corrected chi connectivity index (χ3v) is 7.00. The van der Waals surface area contributed by atoms with Crippen molar-refractivity contribution in [2.75, 3.05) is 13.2 Å². The summed E-state index contributed by atoms with van der Waals surface area (Å²) in [6, 6.07) is 18.5. The summed E-state index contributed by atoms with van der Waals surface area (Å²) in [7, 11) is 0. The van der Waals surface area contributed by atoms with Crippen molar-refractivity contribution in [1.82, 2.24) is 16.0 Å². The van der Waals surface area contributed by atoms with Crippen LogP contribution in [0, 0.1) is 5.92 Å². The van der Waals surface area contributed by atoms with E-state index in [0.29, 0.717) is 0 Å². The average molecular weight is 632 g/mol. The fourth-order valence-electron chi connectivity index (χ4n) is 4.66. The molecule has 0 radical (unpaired) electrons. The van der Waals surface area contributed by atoms with Gasteiger partial charge in [0.25, 0.3) is 0 Å². The number of carbonyl (C=O) groups excluding carboxylic acids is 5. The summed E-state index contributed by atoms with van der Waals surface area (Å²) >= 11 is 0. The number of hydrogen-bond donors (Lipinski definition) is 3. The van der Waals surface area contributed by atoms with Gasteiger partial charge in [-0.05, 0) is 34.7 Å². The number of rotatable bonds is 16. The van der Waals surface area contributed by atoms with E-state index in [0.717, 1.165) is 21.9 Å². The van der Waals surface area contributed by atoms with Crippen LogP contribution >= 0.6 is 0 Å². The van der Waals surface area contributed by atoms with E-state index in [1.165, 1.54) is 6.08 Å². The predicted octanol–water partition coefficient (Wildman–Crippen LogP) is 3.99. The van der Waals surface area contributed by atoms with Crippen LogP contribution in [0.5, 0.6) is 0 Å². The van der Waals surface area contributed by atoms with E-state index in [1.807, 2.05) is 48.5 Å². The molecule has 3 N–H and O–H groups in total. The van der Waals surface area contributed by atoms with Crippen molar-refractivity contribution in [2.24, 2.45) is 5.92 Å². The number of alkyl carbamates (subject to hydrolysis) is 1. The summed E-state index contributed by atoms with van der Waals surface area (Å²) in [5, 5.41) is 9.62. The fraction of sp³-hybridized carbons (Fsp3) is 0.343. The molecular weight excluding hydrogens is 590 g/mol. The van der Waals surface area contributed by atoms with Crippen LogP contribution in [-0.2, 0) is 46.4 Å². The summed E-state index contributed by atoms with van der Waals surface area (Å²) in [6.45, 7) is 8.62. The van der Waals surface area contributed by atoms with Crippen LogP contribution < -0.4 is 16.0 Å². The molecule has 3 aromatic carbocycles. The molecule has 11 nitrogen and oxygen atoms in total. The summed E-state index contributed by atoms with van der Waals surface area (Å²) in [5.41, 5.74) is 1.48. The van der Waals surface area contributed by atoms with E-state index in [-0.39, 0.29) is 32.2 Å². The number of nitrogens with one attached hydrogen (secondary N) is 3. The van der Waals surface area contributed by atoms with Crippen molar-refractivity contribution < 1.29 is 38.2 Å². The summed E-state index contributed by atoms with van der Waals surface area (Å²) < 4.78 is 15.5. The minimum absolute atomic E-state index is 0.0321. The van der Waals surface area contributed by atoms with Gasteiger partial charge in [0, 0.05) is 6.42 Å². The number of ether oxygens (including phenoxy) is 3. The van der Waals surface area contributed by atoms with Crippen LogP contribution in [-0.4, -0.2) is 61.2 Å². The van der Waals surface area contributed by atoms with Gasteiger partial charge < -0.3 is 30.2 Å². The minimum Gasteiger partial charge on any atom is -0.466 e. The molecule has 3 atom stereocenters. The summed E-state index contributed by atoms with van der Waals surface area (Å²) in [5.74, 6) is -3.20. The van der Waals surface area contributed by atoms with Gasteiger partial charge in [0.2, 0.25) is 11.8 Å². The molecule has 0 bridgehead atoms. The Morgan fingerprint density at radius 1 is 0.783 bits per heavy atom. The SMILES string of the molecule is C=CCOC(=O)[C@@H](NC(=O)[C@H](Cc1cccc2ccccc12)NC(=O)[C@H](CC(=O)OCC)NC(=O)OCc1ccccc1)C(C)C. The lowest BCUT2D eigenvalue weighted by atomic mass is 9.97. The molecule has 0 saturated heterocycles. The molecule has 0 heterocycles. The Kier molecular flexibility index (Phi) is 13.8. The monoisotopic (exact) mass is 631 g/mol. The van der Waals surface area contributed by atoms with Gasteiger partial charge in [-0.25, -0.2) is 9.59 Å². The standard InChI is InChI=1S/C35H41N3O8/c1-5-19-45-34(42)31(23(3)4)38-33(41)28(20-26-17-12-16-25-15-10-11-18-27(25)26)36-32(40)29(21-30(39)44-6-2)37-35(43)46-22-24-13-8-7-9-14-24/h5,7-18,23,28-29,31H,1,6,19-22H2,2-4H3,(H,36,40)(H,37,43)(H,38,41)/t28-,29-,31-/m0/s1. The van der Waals surface area contributed by atoms with Gasteiger partial charge in [-0.1, -0.05) is 99.3 Å². The Morgan fingerprint density at radius 3 is 2.15 bits per heavy atom. The van der Waals surface area contributed by atoms with Gasteiger partial charge in [0.1, 0.15) is 31.3 Å². The third kappa shape index (κ3) is 10.8. The van der Waals surface area contributed by atoms with Crippen molar-refractivity contribution >= 4 is 40.6 Å². The molecule has 0 aliphatic carbocycles. The molecule has 3 amide bonds. The number of hydrogen-bond acceptors (Lipinski definition) is 8. The number of benzene rings is 3. The number of fused-ring (bicyclic) bond motifs is 1. The molecule has 0 aliphatic rings. The van der Waals surface area contributed by atoms with Crippen LogP contribution in [0.2, 0.25) is 0 Å². The highest BCUT2D eigenvalue weighted by molar-refractivity contribution is 5.95. The molecule has 0 aromatic heterocycles. The maximum absolute atomic E-state index is 13.8. The highest BCUT2D eigenvalue weighted by atomic mass is 16.6. The van der Waals surface area contributed by atoms with Gasteiger partial charge in [0.05, 0.1) is 13.0 Å². The molecule has 0 aliphatic heterocycles. The quantitative estimate of drug-likeness (QED) is 0.122. The van der Waals surface area contributed by atoms with Gasteiger partial charge in [-0.15, -0.1) is 0 Å². The second kappa shape index (κ2) is 17.9. The van der Waals surface area contributed by atoms with Crippen molar-refractivity contribution in [1.29, 1.82) is 0 Å². The molecular formula is C35H41N3O8. The average Bonchev–Trinajstić information content (AvgIpc) is 3.05. The third-order valence-electron chi connectivity index (χ3n) is 7.00. The minimum atomic E-state index is -1.43. The van der Waals surface area contributed by atoms with Gasteiger partial charge >= 0.3 is 18.0 Å². The van der Waals surface area contributed by atoms with E-state index in [9.17, 15) is 24.0 Å². The number of esters is 2. The smallest absolute Gasteiger partial charge is 0.408 e. The first-order valence-corrected chi connectivity index (χ1v) is 15.1. The van der Waals surface area contributed by atoms with E-state index < -0.39 is 54.4 Å². The molecule has 3 aromatic rings. The zero-order chi connectivity index (χ0) is 33.5. The predicted molar refractivity (Wildman–Crippen MR) is 172 cm³/mol. The van der Waals surface area contributed by atoms with Crippen molar-refractivity contribution in [3.8, 4) is 0 Å². The Labute approximate surface area is 268 Å². The molecule has 0 saturated carbocycles. The first-order chi connectivity index (χ1) is 22.1. The van der Waals surface area contributed by atoms with E-state index >= 15 is 0 Å². The van der Waals surface area contributed by atoms with Crippen LogP contribution in [0.3, 0.4) is 0 Å². The van der Waals surface area contributed by atoms with Gasteiger partial charge in [-0.3, -0.25) is 14.4 Å². The highest BCUT2D eigenvalue weighted by Crippen LogP contribution is 2.20. The Morgan fingerprint density at radius 2 is 1.46 bits per heavy atom. The van der Waals surface area contributed by atoms with Crippen molar-refractivity contribution in [3.05, 3.63) is 96.6 Å². The Balaban J connectivity index is 1.87. The topological polar surface area (TPSA) is 149 Å². The van der Waals surface area contributed by atoms with Crippen LogP contribution in [0.4, 0.5) is 4.79 Å². The summed E-state index contributed by atoms with van der Waals surface area (Å²) in [4.78, 5) is 65.3. The summed E-state index contributed by atoms with van der Waals surface area (Å²) in [6.07, 6.45) is 0.0110. The molecule has 3 rings (SSSR count). The fourth-order valence-corrected chi connectivity index (χ4v) is 4.66. The van der Waals surface area contributed by atoms with Crippen molar-refractivity contribution in [3.63, 3.8) is 0 Å². The van der Waals surface area contributed by atoms with Crippen LogP contribution in [0.25, 0.3) is 10.8 Å². The normalized spacial score (nSPS) is 12.7. The zero-order valence-corrected chi connectivity index (χ0v) is 26.3. The zero-order valence-electron chi connectivity index (χ0n) is 26.3. The first-order valence-electron chi connectivity index (χ1n) is 15.1. The van der Waals surface area contributed by atoms with E-state index in [2.05, 4.69) is 22.5 Å². The lowest BCUT2D eigenvalue weighted by Crippen LogP contribution is -2.57. The van der Waals surface area contributed by atoms with Crippen LogP contribution in [0.1, 0.15) is 38.3 Å². The Hall–Kier alpha value is -5.19. The maximum Gasteiger partial charge on any atom is 0.408 e. The molecule has 46 heavy (non-hydrogen) atoms. The van der Waals surface area contributed by atoms with Gasteiger partial charge in [-0.2, -0.15) is 0 Å². The van der Waals surface area contributed by atoms with Gasteiger partial charge in [0.15, 0.2) is 0 Å². The maximum atomic E-state index is 13.8. The van der Waals surface area contributed by atoms with Crippen molar-refractivity contribution in [2.45, 2.75) is 58.3 Å². The molecule has 0 unspecified atom stereocenters. The highest BCUT2D eigenvalue weighted by Gasteiger charge is 2.33. The van der Waals surface area contributed by atoms with E-state index in [1.54, 1.807) is 45.0 Å². The number of amides is 3. The molecule has 0 spiro atoms. The molecule has 0 fully saturated rings. The first kappa shape index (κ1) is 35.3. The largest absolute Gasteiger partial charge is 0.466 e. The molecule has 244 valence electrons. The Bertz CT molecular complexity index is 1500. The second-order valence-electron chi connectivity index (χ2n) is 10.8.